The second-order valence-electron chi connectivity index (χ2n) is 4.16. The first-order valence-corrected chi connectivity index (χ1v) is 7.20. The lowest BCUT2D eigenvalue weighted by molar-refractivity contribution is 0.315. The van der Waals surface area contributed by atoms with Gasteiger partial charge in [0.2, 0.25) is 0 Å². The molecule has 1 aromatic heterocycles. The van der Waals surface area contributed by atoms with Crippen molar-refractivity contribution in [3.8, 4) is 5.75 Å². The molecule has 0 amide bonds. The fraction of sp³-hybridized carbons (Fsp3) is 0.231. The Morgan fingerprint density at radius 2 is 2.18 bits per heavy atom. The van der Waals surface area contributed by atoms with Gasteiger partial charge in [-0.2, -0.15) is 11.3 Å². The summed E-state index contributed by atoms with van der Waals surface area (Å²) < 4.78 is 6.77. The van der Waals surface area contributed by atoms with Crippen molar-refractivity contribution >= 4 is 27.3 Å². The Labute approximate surface area is 113 Å². The van der Waals surface area contributed by atoms with Gasteiger partial charge in [-0.3, -0.25) is 0 Å². The van der Waals surface area contributed by atoms with E-state index in [1.807, 2.05) is 18.2 Å². The minimum Gasteiger partial charge on any atom is -0.493 e. The number of hydrogen-bond acceptors (Lipinski definition) is 3. The van der Waals surface area contributed by atoms with Crippen LogP contribution in [-0.4, -0.2) is 6.61 Å². The summed E-state index contributed by atoms with van der Waals surface area (Å²) in [6.45, 7) is 0.669. The van der Waals surface area contributed by atoms with E-state index in [0.29, 0.717) is 6.61 Å². The number of para-hydroxylation sites is 1. The smallest absolute Gasteiger partial charge is 0.122 e. The van der Waals surface area contributed by atoms with Gasteiger partial charge in [-0.15, -0.1) is 0 Å². The van der Waals surface area contributed by atoms with Gasteiger partial charge >= 0.3 is 0 Å². The van der Waals surface area contributed by atoms with E-state index in [0.717, 1.165) is 10.2 Å². The van der Waals surface area contributed by atoms with Crippen molar-refractivity contribution in [2.24, 2.45) is 5.73 Å². The Balaban J connectivity index is 1.95. The Hall–Kier alpha value is -0.840. The summed E-state index contributed by atoms with van der Waals surface area (Å²) in [6.07, 6.45) is 0. The maximum Gasteiger partial charge on any atom is 0.122 e. The van der Waals surface area contributed by atoms with Crippen LogP contribution in [0.25, 0.3) is 0 Å². The Bertz CT molecular complexity index is 540. The zero-order chi connectivity index (χ0) is 11.8. The van der Waals surface area contributed by atoms with Crippen molar-refractivity contribution in [3.05, 3.63) is 50.6 Å². The highest BCUT2D eigenvalue weighted by atomic mass is 79.9. The monoisotopic (exact) mass is 309 g/mol. The van der Waals surface area contributed by atoms with Crippen molar-refractivity contribution in [1.29, 1.82) is 0 Å². The van der Waals surface area contributed by atoms with E-state index >= 15 is 0 Å². The standard InChI is InChI=1S/C13H12BrNOS/c14-11-7-17-6-10(11)13(15)9-5-16-12-4-2-1-3-8(9)12/h1-4,6-7,9,13H,5,15H2. The van der Waals surface area contributed by atoms with E-state index in [1.54, 1.807) is 11.3 Å². The van der Waals surface area contributed by atoms with Gasteiger partial charge in [0.15, 0.2) is 0 Å². The summed E-state index contributed by atoms with van der Waals surface area (Å²) in [5.74, 6) is 1.22. The molecule has 1 aliphatic rings. The first-order chi connectivity index (χ1) is 8.27. The molecular formula is C13H12BrNOS. The van der Waals surface area contributed by atoms with E-state index in [9.17, 15) is 0 Å². The van der Waals surface area contributed by atoms with Gasteiger partial charge in [-0.1, -0.05) is 18.2 Å². The number of fused-ring (bicyclic) bond motifs is 1. The number of thiophene rings is 1. The second kappa shape index (κ2) is 4.44. The predicted molar refractivity (Wildman–Crippen MR) is 73.6 cm³/mol. The van der Waals surface area contributed by atoms with Gasteiger partial charge < -0.3 is 10.5 Å². The van der Waals surface area contributed by atoms with Gasteiger partial charge in [0.25, 0.3) is 0 Å². The summed E-state index contributed by atoms with van der Waals surface area (Å²) >= 11 is 5.21. The van der Waals surface area contributed by atoms with Crippen LogP contribution < -0.4 is 10.5 Å². The number of ether oxygens (including phenoxy) is 1. The molecule has 2 aromatic rings. The minimum absolute atomic E-state index is 0.0146. The Morgan fingerprint density at radius 3 is 2.94 bits per heavy atom. The van der Waals surface area contributed by atoms with Crippen LogP contribution in [0.2, 0.25) is 0 Å². The molecule has 0 bridgehead atoms. The summed E-state index contributed by atoms with van der Waals surface area (Å²) in [4.78, 5) is 0. The molecule has 0 aliphatic carbocycles. The first-order valence-electron chi connectivity index (χ1n) is 5.46. The third-order valence-corrected chi connectivity index (χ3v) is 4.92. The molecular weight excluding hydrogens is 298 g/mol. The third kappa shape index (κ3) is 1.90. The zero-order valence-electron chi connectivity index (χ0n) is 9.10. The van der Waals surface area contributed by atoms with Crippen LogP contribution in [0.4, 0.5) is 0 Å². The highest BCUT2D eigenvalue weighted by molar-refractivity contribution is 9.10. The van der Waals surface area contributed by atoms with E-state index in [2.05, 4.69) is 32.8 Å². The lowest BCUT2D eigenvalue weighted by Gasteiger charge is -2.17. The molecule has 88 valence electrons. The van der Waals surface area contributed by atoms with Crippen molar-refractivity contribution in [2.75, 3.05) is 6.61 Å². The molecule has 3 rings (SSSR count). The van der Waals surface area contributed by atoms with E-state index in [1.165, 1.54) is 11.1 Å². The normalized spacial score (nSPS) is 19.8. The molecule has 2 heterocycles. The molecule has 1 aromatic carbocycles. The first kappa shape index (κ1) is 11.3. The van der Waals surface area contributed by atoms with Crippen LogP contribution in [0.15, 0.2) is 39.5 Å². The molecule has 2 nitrogen and oxygen atoms in total. The van der Waals surface area contributed by atoms with Crippen LogP contribution in [0.3, 0.4) is 0 Å². The molecule has 0 spiro atoms. The van der Waals surface area contributed by atoms with E-state index < -0.39 is 0 Å². The Kier molecular flexibility index (Phi) is 2.94. The number of halogens is 1. The summed E-state index contributed by atoms with van der Waals surface area (Å²) in [7, 11) is 0. The largest absolute Gasteiger partial charge is 0.493 e. The molecule has 2 atom stereocenters. The highest BCUT2D eigenvalue weighted by Gasteiger charge is 2.30. The van der Waals surface area contributed by atoms with E-state index in [-0.39, 0.29) is 12.0 Å². The molecule has 0 saturated heterocycles. The second-order valence-corrected chi connectivity index (χ2v) is 5.75. The quantitative estimate of drug-likeness (QED) is 0.918. The highest BCUT2D eigenvalue weighted by Crippen LogP contribution is 2.42. The van der Waals surface area contributed by atoms with Crippen LogP contribution in [0, 0.1) is 0 Å². The lowest BCUT2D eigenvalue weighted by Crippen LogP contribution is -2.20. The van der Waals surface area contributed by atoms with Crippen LogP contribution >= 0.6 is 27.3 Å². The fourth-order valence-corrected chi connectivity index (χ4v) is 3.84. The molecule has 4 heteroatoms. The summed E-state index contributed by atoms with van der Waals surface area (Å²) in [5, 5.41) is 4.17. The average Bonchev–Trinajstić information content (AvgIpc) is 2.94. The Morgan fingerprint density at radius 1 is 1.35 bits per heavy atom. The topological polar surface area (TPSA) is 35.2 Å². The summed E-state index contributed by atoms with van der Waals surface area (Å²) in [6, 6.07) is 8.13. The van der Waals surface area contributed by atoms with Crippen molar-refractivity contribution in [3.63, 3.8) is 0 Å². The van der Waals surface area contributed by atoms with E-state index in [4.69, 9.17) is 10.5 Å². The predicted octanol–water partition coefficient (Wildman–Crippen LogP) is 3.69. The number of nitrogens with two attached hydrogens (primary N) is 1. The van der Waals surface area contributed by atoms with Crippen LogP contribution in [0.5, 0.6) is 5.75 Å². The minimum atomic E-state index is -0.0146. The SMILES string of the molecule is NC(c1cscc1Br)C1COc2ccccc21. The number of benzene rings is 1. The zero-order valence-corrected chi connectivity index (χ0v) is 11.5. The van der Waals surface area contributed by atoms with Crippen molar-refractivity contribution < 1.29 is 4.74 Å². The van der Waals surface area contributed by atoms with Gasteiger partial charge in [0.1, 0.15) is 5.75 Å². The molecule has 0 radical (unpaired) electrons. The van der Waals surface area contributed by atoms with Crippen LogP contribution in [-0.2, 0) is 0 Å². The van der Waals surface area contributed by atoms with Crippen molar-refractivity contribution in [1.82, 2.24) is 0 Å². The molecule has 0 fully saturated rings. The van der Waals surface area contributed by atoms with Crippen molar-refractivity contribution in [2.45, 2.75) is 12.0 Å². The number of rotatable bonds is 2. The van der Waals surface area contributed by atoms with Crippen LogP contribution in [0.1, 0.15) is 23.1 Å². The molecule has 1 aliphatic heterocycles. The molecule has 17 heavy (non-hydrogen) atoms. The lowest BCUT2D eigenvalue weighted by atomic mass is 9.90. The number of hydrogen-bond donors (Lipinski definition) is 1. The average molecular weight is 310 g/mol. The van der Waals surface area contributed by atoms with Gasteiger partial charge in [-0.25, -0.2) is 0 Å². The fourth-order valence-electron chi connectivity index (χ4n) is 2.23. The molecule has 2 unspecified atom stereocenters. The third-order valence-electron chi connectivity index (χ3n) is 3.17. The maximum atomic E-state index is 6.36. The van der Waals surface area contributed by atoms with Gasteiger partial charge in [0.05, 0.1) is 6.61 Å². The summed E-state index contributed by atoms with van der Waals surface area (Å²) in [5.41, 5.74) is 8.74. The van der Waals surface area contributed by atoms with Gasteiger partial charge in [-0.05, 0) is 32.9 Å². The molecule has 0 saturated carbocycles. The van der Waals surface area contributed by atoms with Gasteiger partial charge in [0, 0.05) is 27.4 Å². The maximum absolute atomic E-state index is 6.36. The molecule has 2 N–H and O–H groups in total.